The molecule has 1 N–H and O–H groups in total. The minimum Gasteiger partial charge on any atom is -0.326 e. The fourth-order valence-electron chi connectivity index (χ4n) is 4.79. The van der Waals surface area contributed by atoms with E-state index in [1.165, 1.54) is 29.2 Å². The summed E-state index contributed by atoms with van der Waals surface area (Å²) in [7, 11) is 0. The van der Waals surface area contributed by atoms with Gasteiger partial charge in [0.25, 0.3) is 5.69 Å². The lowest BCUT2D eigenvalue weighted by molar-refractivity contribution is -0.384. The molecule has 8 heteroatoms. The van der Waals surface area contributed by atoms with Crippen molar-refractivity contribution in [1.29, 1.82) is 0 Å². The van der Waals surface area contributed by atoms with Crippen molar-refractivity contribution in [1.82, 2.24) is 4.90 Å². The summed E-state index contributed by atoms with van der Waals surface area (Å²) in [6.07, 6.45) is 3.06. The van der Waals surface area contributed by atoms with Crippen LogP contribution in [0.5, 0.6) is 0 Å². The SMILES string of the molecule is O=C(CCN1C(=O)[C@H]2[C@@H]3CC[C@@H](C3)[C@@H]2C1=O)Nc1ccc([N+](=O)[O-])cc1. The third kappa shape index (κ3) is 2.65. The number of imide groups is 1. The lowest BCUT2D eigenvalue weighted by atomic mass is 9.81. The molecule has 3 fully saturated rings. The molecular weight excluding hydrogens is 338 g/mol. The van der Waals surface area contributed by atoms with Crippen molar-refractivity contribution in [3.05, 3.63) is 34.4 Å². The van der Waals surface area contributed by atoms with E-state index in [0.717, 1.165) is 19.3 Å². The molecule has 8 nitrogen and oxygen atoms in total. The van der Waals surface area contributed by atoms with E-state index in [1.807, 2.05) is 0 Å². The van der Waals surface area contributed by atoms with Crippen molar-refractivity contribution in [3.8, 4) is 0 Å². The Morgan fingerprint density at radius 3 is 2.23 bits per heavy atom. The van der Waals surface area contributed by atoms with Crippen LogP contribution in [-0.4, -0.2) is 34.1 Å². The molecule has 3 aliphatic rings. The lowest BCUT2D eigenvalue weighted by Crippen LogP contribution is -2.35. The van der Waals surface area contributed by atoms with Crippen LogP contribution in [0.4, 0.5) is 11.4 Å². The molecule has 1 aromatic rings. The monoisotopic (exact) mass is 357 g/mol. The Morgan fingerprint density at radius 1 is 1.12 bits per heavy atom. The Hall–Kier alpha value is -2.77. The molecule has 4 atom stereocenters. The third-order valence-electron chi connectivity index (χ3n) is 5.94. The van der Waals surface area contributed by atoms with Gasteiger partial charge in [-0.1, -0.05) is 0 Å². The second-order valence-electron chi connectivity index (χ2n) is 7.32. The van der Waals surface area contributed by atoms with Crippen LogP contribution in [0.25, 0.3) is 0 Å². The predicted molar refractivity (Wildman–Crippen MR) is 90.9 cm³/mol. The molecule has 26 heavy (non-hydrogen) atoms. The minimum absolute atomic E-state index is 0.0171. The number of rotatable bonds is 5. The van der Waals surface area contributed by atoms with Gasteiger partial charge in [-0.25, -0.2) is 0 Å². The molecule has 1 heterocycles. The number of nitro benzene ring substituents is 1. The van der Waals surface area contributed by atoms with Crippen molar-refractivity contribution in [3.63, 3.8) is 0 Å². The molecule has 2 aliphatic carbocycles. The maximum absolute atomic E-state index is 12.6. The number of nitro groups is 1. The van der Waals surface area contributed by atoms with Gasteiger partial charge >= 0.3 is 0 Å². The number of nitrogens with zero attached hydrogens (tertiary/aromatic N) is 2. The number of benzene rings is 1. The van der Waals surface area contributed by atoms with Crippen molar-refractivity contribution in [2.45, 2.75) is 25.7 Å². The summed E-state index contributed by atoms with van der Waals surface area (Å²) < 4.78 is 0. The highest BCUT2D eigenvalue weighted by atomic mass is 16.6. The summed E-state index contributed by atoms with van der Waals surface area (Å²) >= 11 is 0. The minimum atomic E-state index is -0.514. The van der Waals surface area contributed by atoms with Crippen LogP contribution < -0.4 is 5.32 Å². The number of carbonyl (C=O) groups excluding carboxylic acids is 3. The van der Waals surface area contributed by atoms with E-state index in [4.69, 9.17) is 0 Å². The molecule has 1 aromatic carbocycles. The zero-order chi connectivity index (χ0) is 18.4. The van der Waals surface area contributed by atoms with E-state index < -0.39 is 4.92 Å². The van der Waals surface area contributed by atoms with Gasteiger partial charge in [0.2, 0.25) is 17.7 Å². The fraction of sp³-hybridized carbons (Fsp3) is 0.500. The standard InChI is InChI=1S/C18H19N3O5/c22-14(19-12-3-5-13(6-4-12)21(25)26)7-8-20-17(23)15-10-1-2-11(9-10)16(15)18(20)24/h3-6,10-11,15-16H,1-2,7-9H2,(H,19,22)/t10-,11+,15-,16-/m0/s1. The quantitative estimate of drug-likeness (QED) is 0.492. The van der Waals surface area contributed by atoms with Crippen LogP contribution in [0.15, 0.2) is 24.3 Å². The Balaban J connectivity index is 1.34. The Kier molecular flexibility index (Phi) is 3.97. The molecule has 0 aromatic heterocycles. The molecule has 0 unspecified atom stereocenters. The van der Waals surface area contributed by atoms with Crippen LogP contribution in [0.3, 0.4) is 0 Å². The maximum atomic E-state index is 12.6. The molecule has 3 amide bonds. The van der Waals surface area contributed by atoms with Gasteiger partial charge < -0.3 is 5.32 Å². The van der Waals surface area contributed by atoms with Gasteiger partial charge in [-0.05, 0) is 43.2 Å². The molecule has 2 saturated carbocycles. The number of carbonyl (C=O) groups is 3. The van der Waals surface area contributed by atoms with Gasteiger partial charge in [-0.15, -0.1) is 0 Å². The van der Waals surface area contributed by atoms with E-state index in [9.17, 15) is 24.5 Å². The van der Waals surface area contributed by atoms with Gasteiger partial charge in [0.05, 0.1) is 16.8 Å². The van der Waals surface area contributed by atoms with Gasteiger partial charge in [0.1, 0.15) is 0 Å². The Morgan fingerprint density at radius 2 is 1.69 bits per heavy atom. The van der Waals surface area contributed by atoms with Crippen molar-refractivity contribution in [2.75, 3.05) is 11.9 Å². The zero-order valence-electron chi connectivity index (χ0n) is 14.1. The third-order valence-corrected chi connectivity index (χ3v) is 5.94. The molecule has 4 rings (SSSR count). The largest absolute Gasteiger partial charge is 0.326 e. The lowest BCUT2D eigenvalue weighted by Gasteiger charge is -2.19. The summed E-state index contributed by atoms with van der Waals surface area (Å²) in [6.45, 7) is 0.0862. The first kappa shape index (κ1) is 16.7. The maximum Gasteiger partial charge on any atom is 0.269 e. The number of likely N-dealkylation sites (tertiary alicyclic amines) is 1. The molecule has 0 spiro atoms. The number of nitrogens with one attached hydrogen (secondary N) is 1. The highest BCUT2D eigenvalue weighted by Crippen LogP contribution is 2.56. The fourth-order valence-corrected chi connectivity index (χ4v) is 4.79. The first-order chi connectivity index (χ1) is 12.5. The molecule has 2 bridgehead atoms. The van der Waals surface area contributed by atoms with E-state index in [2.05, 4.69) is 5.32 Å². The van der Waals surface area contributed by atoms with Crippen LogP contribution >= 0.6 is 0 Å². The number of anilines is 1. The number of non-ortho nitro benzene ring substituents is 1. The van der Waals surface area contributed by atoms with Crippen molar-refractivity contribution < 1.29 is 19.3 Å². The summed E-state index contributed by atoms with van der Waals surface area (Å²) in [5.74, 6) is -0.233. The van der Waals surface area contributed by atoms with Crippen LogP contribution in [0, 0.1) is 33.8 Å². The first-order valence-electron chi connectivity index (χ1n) is 8.85. The summed E-state index contributed by atoms with van der Waals surface area (Å²) in [6, 6.07) is 5.51. The van der Waals surface area contributed by atoms with E-state index >= 15 is 0 Å². The molecule has 136 valence electrons. The summed E-state index contributed by atoms with van der Waals surface area (Å²) in [4.78, 5) is 48.6. The average molecular weight is 357 g/mol. The first-order valence-corrected chi connectivity index (χ1v) is 8.85. The molecule has 0 radical (unpaired) electrons. The van der Waals surface area contributed by atoms with Gasteiger partial charge in [0, 0.05) is 30.8 Å². The summed E-state index contributed by atoms with van der Waals surface area (Å²) in [5, 5.41) is 13.3. The van der Waals surface area contributed by atoms with Gasteiger partial charge in [-0.3, -0.25) is 29.4 Å². The van der Waals surface area contributed by atoms with Crippen LogP contribution in [0.1, 0.15) is 25.7 Å². The van der Waals surface area contributed by atoms with Gasteiger partial charge in [0.15, 0.2) is 0 Å². The average Bonchev–Trinajstić information content (AvgIpc) is 3.28. The molecular formula is C18H19N3O5. The Labute approximate surface area is 149 Å². The number of hydrogen-bond acceptors (Lipinski definition) is 5. The van der Waals surface area contributed by atoms with E-state index in [-0.39, 0.29) is 48.2 Å². The zero-order valence-corrected chi connectivity index (χ0v) is 14.1. The highest BCUT2D eigenvalue weighted by Gasteiger charge is 2.60. The number of fused-ring (bicyclic) bond motifs is 5. The topological polar surface area (TPSA) is 110 Å². The van der Waals surface area contributed by atoms with Crippen molar-refractivity contribution >= 4 is 29.1 Å². The summed E-state index contributed by atoms with van der Waals surface area (Å²) in [5.41, 5.74) is 0.381. The van der Waals surface area contributed by atoms with E-state index in [0.29, 0.717) is 17.5 Å². The van der Waals surface area contributed by atoms with Crippen LogP contribution in [0.2, 0.25) is 0 Å². The second-order valence-corrected chi connectivity index (χ2v) is 7.32. The van der Waals surface area contributed by atoms with Gasteiger partial charge in [-0.2, -0.15) is 0 Å². The second kappa shape index (κ2) is 6.19. The Bertz CT molecular complexity index is 763. The number of hydrogen-bond donors (Lipinski definition) is 1. The van der Waals surface area contributed by atoms with Crippen molar-refractivity contribution in [2.24, 2.45) is 23.7 Å². The molecule has 1 aliphatic heterocycles. The smallest absolute Gasteiger partial charge is 0.269 e. The predicted octanol–water partition coefficient (Wildman–Crippen LogP) is 1.95. The number of amides is 3. The molecule has 1 saturated heterocycles. The highest BCUT2D eigenvalue weighted by molar-refractivity contribution is 6.06. The van der Waals surface area contributed by atoms with E-state index in [1.54, 1.807) is 0 Å². The van der Waals surface area contributed by atoms with Crippen LogP contribution in [-0.2, 0) is 14.4 Å². The normalized spacial score (nSPS) is 29.2.